The van der Waals surface area contributed by atoms with Gasteiger partial charge in [-0.05, 0) is 64.3 Å². The third-order valence-corrected chi connectivity index (χ3v) is 18.8. The van der Waals surface area contributed by atoms with Crippen molar-refractivity contribution in [3.63, 3.8) is 0 Å². The van der Waals surface area contributed by atoms with E-state index in [4.69, 9.17) is 111 Å². The van der Waals surface area contributed by atoms with Gasteiger partial charge in [0.15, 0.2) is 18.9 Å². The van der Waals surface area contributed by atoms with Crippen LogP contribution in [0.5, 0.6) is 0 Å². The number of ether oxygens (including phenoxy) is 9. The third kappa shape index (κ3) is 22.3. The van der Waals surface area contributed by atoms with E-state index < -0.39 is 183 Å². The van der Waals surface area contributed by atoms with Gasteiger partial charge in [-0.25, -0.2) is 0 Å². The maximum absolute atomic E-state index is 13.4. The Labute approximate surface area is 544 Å². The Balaban J connectivity index is 0.938. The van der Waals surface area contributed by atoms with Gasteiger partial charge in [0.2, 0.25) is 11.8 Å². The summed E-state index contributed by atoms with van der Waals surface area (Å²) in [5.41, 5.74) is 73.7. The number of nitrogens with two attached hydrogens (primary N) is 12. The minimum atomic E-state index is -1.39. The monoisotopic (exact) mass is 1340 g/mol. The fourth-order valence-electron chi connectivity index (χ4n) is 13.0. The minimum Gasteiger partial charge on any atom is -0.389 e. The van der Waals surface area contributed by atoms with Crippen molar-refractivity contribution in [1.82, 2.24) is 15.5 Å². The van der Waals surface area contributed by atoms with Crippen molar-refractivity contribution >= 4 is 11.8 Å². The number of aliphatic hydroxyl groups excluding tert-OH is 9. The van der Waals surface area contributed by atoms with E-state index in [0.29, 0.717) is 83.8 Å². The molecule has 2 amide bonds. The molecule has 6 aliphatic rings. The molecule has 0 aromatic carbocycles. The van der Waals surface area contributed by atoms with Crippen LogP contribution in [-0.2, 0) is 52.2 Å². The van der Waals surface area contributed by atoms with Gasteiger partial charge in [-0.3, -0.25) is 14.5 Å². The van der Waals surface area contributed by atoms with E-state index in [-0.39, 0.29) is 83.6 Å². The zero-order valence-electron chi connectivity index (χ0n) is 53.6. The van der Waals surface area contributed by atoms with Crippen LogP contribution < -0.4 is 79.4 Å². The molecule has 3 aliphatic carbocycles. The highest BCUT2D eigenvalue weighted by atomic mass is 16.7. The number of aliphatic hydroxyl groups is 9. The van der Waals surface area contributed by atoms with E-state index in [9.17, 15) is 55.5 Å². The Bertz CT molecular complexity index is 2040. The van der Waals surface area contributed by atoms with E-state index in [1.807, 2.05) is 0 Å². The molecule has 93 heavy (non-hydrogen) atoms. The summed E-state index contributed by atoms with van der Waals surface area (Å²) in [6, 6.07) is -7.50. The van der Waals surface area contributed by atoms with Crippen LogP contribution in [0.3, 0.4) is 0 Å². The molecule has 0 radical (unpaired) electrons. The zero-order chi connectivity index (χ0) is 68.2. The molecule has 6 rings (SSSR count). The molecule has 3 heterocycles. The number of rotatable bonds is 37. The zero-order valence-corrected chi connectivity index (χ0v) is 53.6. The van der Waals surface area contributed by atoms with E-state index in [1.54, 1.807) is 4.90 Å². The normalized spacial score (nSPS) is 41.7. The van der Waals surface area contributed by atoms with Crippen molar-refractivity contribution in [2.75, 3.05) is 72.2 Å². The Kier molecular flexibility index (Phi) is 33.8. The van der Waals surface area contributed by atoms with Crippen LogP contribution in [0.2, 0.25) is 0 Å². The van der Waals surface area contributed by atoms with Gasteiger partial charge >= 0.3 is 0 Å². The molecule has 544 valence electrons. The second kappa shape index (κ2) is 39.5. The molecule has 30 atom stereocenters. The summed E-state index contributed by atoms with van der Waals surface area (Å²) < 4.78 is 54.2. The fourth-order valence-corrected chi connectivity index (χ4v) is 13.0. The SMILES string of the molecule is NCC1OC(OC2C(N)CC(N)C(O)C2OCCCCCCNC(=O)CN(CCCCCCOC2C(O)C(N)CC(N)C2OC2OC(CN)C(O)C(O)C2N)CC(=O)NCCCCCCOC2C(O)C(N)CC(N)C2OC2OC(CN)C(O)C(O)C2N)C(N)C(O)C1O. The molecule has 35 nitrogen and oxygen atoms in total. The minimum absolute atomic E-state index is 0.0418. The molecule has 30 unspecified atom stereocenters. The molecular weight excluding hydrogens is 1230 g/mol. The maximum Gasteiger partial charge on any atom is 0.234 e. The van der Waals surface area contributed by atoms with Gasteiger partial charge in [-0.1, -0.05) is 38.5 Å². The maximum atomic E-state index is 13.4. The second-order valence-electron chi connectivity index (χ2n) is 26.1. The standard InChI is InChI=1S/C58H117N15O20/c59-22-33-44(79)47(82)38(68)56(88-33)91-50-30(65)19-27(62)41(76)53(50)85-16-10-4-1-7-13-71-36(74)25-73(15-9-3-6-12-18-87-55-43(78)29(64)21-32(67)52(55)93-58-40(70)49(84)46(81)35(24-61)90-58)26-37(75)72-14-8-2-5-11-17-86-54-42(77)28(63)20-31(66)51(54)92-57-39(69)48(83)45(80)34(23-60)89-57/h27-35,38-58,76-84H,1-26,59-70H2,(H,71,74)(H,72,75). The Hall–Kier alpha value is -2.30. The van der Waals surface area contributed by atoms with Crippen molar-refractivity contribution < 1.29 is 98.2 Å². The highest BCUT2D eigenvalue weighted by Crippen LogP contribution is 2.33. The van der Waals surface area contributed by atoms with Crippen LogP contribution in [-0.4, -0.2) is 318 Å². The first-order valence-electron chi connectivity index (χ1n) is 33.4. The summed E-state index contributed by atoms with van der Waals surface area (Å²) in [4.78, 5) is 28.6. The van der Waals surface area contributed by atoms with E-state index in [1.165, 1.54) is 0 Å². The second-order valence-corrected chi connectivity index (χ2v) is 26.1. The van der Waals surface area contributed by atoms with Crippen LogP contribution in [0.4, 0.5) is 0 Å². The Morgan fingerprint density at radius 2 is 0.645 bits per heavy atom. The molecule has 0 spiro atoms. The highest BCUT2D eigenvalue weighted by molar-refractivity contribution is 5.81. The lowest BCUT2D eigenvalue weighted by atomic mass is 9.84. The van der Waals surface area contributed by atoms with E-state index in [2.05, 4.69) is 10.6 Å². The van der Waals surface area contributed by atoms with Crippen LogP contribution in [0.15, 0.2) is 0 Å². The predicted molar refractivity (Wildman–Crippen MR) is 335 cm³/mol. The van der Waals surface area contributed by atoms with Gasteiger partial charge in [0.25, 0.3) is 0 Å². The van der Waals surface area contributed by atoms with Crippen LogP contribution in [0.1, 0.15) is 96.3 Å². The number of carbonyl (C=O) groups excluding carboxylic acids is 2. The lowest BCUT2D eigenvalue weighted by Gasteiger charge is -2.46. The summed E-state index contributed by atoms with van der Waals surface area (Å²) in [7, 11) is 0. The largest absolute Gasteiger partial charge is 0.389 e. The first-order valence-corrected chi connectivity index (χ1v) is 33.4. The lowest BCUT2D eigenvalue weighted by molar-refractivity contribution is -0.291. The highest BCUT2D eigenvalue weighted by Gasteiger charge is 2.52. The molecule has 3 saturated carbocycles. The Morgan fingerprint density at radius 3 is 0.935 bits per heavy atom. The number of hydrogen-bond donors (Lipinski definition) is 23. The third-order valence-electron chi connectivity index (χ3n) is 18.8. The van der Waals surface area contributed by atoms with Gasteiger partial charge in [0.1, 0.15) is 91.6 Å². The average molecular weight is 1340 g/mol. The van der Waals surface area contributed by atoms with Gasteiger partial charge in [0, 0.05) is 88.8 Å². The summed E-state index contributed by atoms with van der Waals surface area (Å²) >= 11 is 0. The van der Waals surface area contributed by atoms with Gasteiger partial charge < -0.3 is 168 Å². The molecule has 6 fully saturated rings. The quantitative estimate of drug-likeness (QED) is 0.0257. The van der Waals surface area contributed by atoms with E-state index in [0.717, 1.165) is 12.8 Å². The molecule has 0 aromatic heterocycles. The number of nitrogens with one attached hydrogen (secondary N) is 2. The first kappa shape index (κ1) is 79.7. The number of hydrogen-bond acceptors (Lipinski definition) is 33. The molecule has 3 aliphatic heterocycles. The number of carbonyl (C=O) groups is 2. The molecule has 35 heteroatoms. The lowest BCUT2D eigenvalue weighted by Crippen LogP contribution is -2.67. The summed E-state index contributed by atoms with van der Waals surface area (Å²) in [5.74, 6) is -0.521. The van der Waals surface area contributed by atoms with Crippen molar-refractivity contribution in [2.24, 2.45) is 68.8 Å². The summed E-state index contributed by atoms with van der Waals surface area (Å²) in [6.07, 6.45) is -14.9. The van der Waals surface area contributed by atoms with Gasteiger partial charge in [-0.2, -0.15) is 0 Å². The first-order chi connectivity index (χ1) is 44.3. The average Bonchev–Trinajstić information content (AvgIpc) is 0.811. The topological polar surface area (TPSA) is 639 Å². The molecule has 35 N–H and O–H groups in total. The Morgan fingerprint density at radius 1 is 0.366 bits per heavy atom. The predicted octanol–water partition coefficient (Wildman–Crippen LogP) is -11.0. The summed E-state index contributed by atoms with van der Waals surface area (Å²) in [5, 5.41) is 102. The number of amides is 2. The molecule has 0 bridgehead atoms. The summed E-state index contributed by atoms with van der Waals surface area (Å²) in [6.45, 7) is 1.43. The van der Waals surface area contributed by atoms with Crippen molar-refractivity contribution in [1.29, 1.82) is 0 Å². The van der Waals surface area contributed by atoms with Gasteiger partial charge in [-0.15, -0.1) is 0 Å². The molecule has 3 saturated heterocycles. The van der Waals surface area contributed by atoms with Crippen LogP contribution >= 0.6 is 0 Å². The number of unbranched alkanes of at least 4 members (excludes halogenated alkanes) is 9. The van der Waals surface area contributed by atoms with Crippen molar-refractivity contribution in [2.45, 2.75) is 279 Å². The molecular formula is C58H117N15O20. The number of nitrogens with zero attached hydrogens (tertiary/aromatic N) is 1. The van der Waals surface area contributed by atoms with Crippen LogP contribution in [0.25, 0.3) is 0 Å². The van der Waals surface area contributed by atoms with E-state index >= 15 is 0 Å². The smallest absolute Gasteiger partial charge is 0.234 e. The molecule has 0 aromatic rings. The van der Waals surface area contributed by atoms with Crippen LogP contribution in [0, 0.1) is 0 Å². The van der Waals surface area contributed by atoms with Crippen molar-refractivity contribution in [3.05, 3.63) is 0 Å². The van der Waals surface area contributed by atoms with Crippen molar-refractivity contribution in [3.8, 4) is 0 Å². The fraction of sp³-hybridized carbons (Fsp3) is 0.966. The van der Waals surface area contributed by atoms with Gasteiger partial charge in [0.05, 0.1) is 49.5 Å².